The molecule has 1 aromatic carbocycles. The van der Waals surface area contributed by atoms with Crippen molar-refractivity contribution in [3.8, 4) is 5.75 Å². The van der Waals surface area contributed by atoms with E-state index in [1.165, 1.54) is 6.07 Å². The molecule has 1 aliphatic carbocycles. The van der Waals surface area contributed by atoms with E-state index in [2.05, 4.69) is 20.9 Å². The Morgan fingerprint density at radius 2 is 2.14 bits per heavy atom. The molecule has 7 nitrogen and oxygen atoms in total. The molecule has 8 heteroatoms. The Kier molecular flexibility index (Phi) is 5.64. The van der Waals surface area contributed by atoms with Gasteiger partial charge in [-0.05, 0) is 55.0 Å². The Hall–Kier alpha value is -2.71. The number of nitrogens with one attached hydrogen (secondary N) is 3. The van der Waals surface area contributed by atoms with Gasteiger partial charge in [-0.3, -0.25) is 4.79 Å². The van der Waals surface area contributed by atoms with Crippen LogP contribution in [0, 0.1) is 5.82 Å². The van der Waals surface area contributed by atoms with Gasteiger partial charge in [0.05, 0.1) is 17.9 Å². The number of hydrogen-bond acceptors (Lipinski definition) is 6. The highest BCUT2D eigenvalue weighted by atomic mass is 19.1. The zero-order valence-corrected chi connectivity index (χ0v) is 16.0. The summed E-state index contributed by atoms with van der Waals surface area (Å²) in [6.45, 7) is 0.519. The largest absolute Gasteiger partial charge is 0.508 e. The van der Waals surface area contributed by atoms with Gasteiger partial charge in [0, 0.05) is 25.2 Å². The second-order valence-corrected chi connectivity index (χ2v) is 7.74. The molecule has 0 saturated heterocycles. The summed E-state index contributed by atoms with van der Waals surface area (Å²) in [5, 5.41) is 29.1. The fourth-order valence-corrected chi connectivity index (χ4v) is 3.69. The third-order valence-corrected chi connectivity index (χ3v) is 5.68. The van der Waals surface area contributed by atoms with E-state index in [1.807, 2.05) is 6.07 Å². The summed E-state index contributed by atoms with van der Waals surface area (Å²) in [7, 11) is 0. The van der Waals surface area contributed by atoms with Crippen molar-refractivity contribution in [2.24, 2.45) is 0 Å². The molecule has 2 heterocycles. The summed E-state index contributed by atoms with van der Waals surface area (Å²) in [4.78, 5) is 16.4. The van der Waals surface area contributed by atoms with E-state index in [1.54, 1.807) is 12.1 Å². The van der Waals surface area contributed by atoms with Crippen molar-refractivity contribution in [1.29, 1.82) is 0 Å². The maximum Gasteiger partial charge on any atom is 0.254 e. The van der Waals surface area contributed by atoms with E-state index in [9.17, 15) is 19.4 Å². The van der Waals surface area contributed by atoms with Crippen molar-refractivity contribution in [2.75, 3.05) is 11.9 Å². The van der Waals surface area contributed by atoms with E-state index in [0.717, 1.165) is 36.6 Å². The maximum atomic E-state index is 14.1. The van der Waals surface area contributed by atoms with Gasteiger partial charge in [-0.1, -0.05) is 6.07 Å². The molecule has 1 fully saturated rings. The number of amides is 1. The van der Waals surface area contributed by atoms with Crippen molar-refractivity contribution in [2.45, 2.75) is 50.4 Å². The number of aliphatic hydroxyl groups is 1. The molecular formula is C21H25FN4O3. The number of anilines is 1. The number of phenols is 1. The van der Waals surface area contributed by atoms with Crippen LogP contribution >= 0.6 is 0 Å². The van der Waals surface area contributed by atoms with E-state index in [0.29, 0.717) is 24.8 Å². The van der Waals surface area contributed by atoms with E-state index < -0.39 is 17.8 Å². The molecule has 2 unspecified atom stereocenters. The minimum Gasteiger partial charge on any atom is -0.508 e. The van der Waals surface area contributed by atoms with E-state index in [4.69, 9.17) is 0 Å². The fourth-order valence-electron chi connectivity index (χ4n) is 3.69. The topological polar surface area (TPSA) is 107 Å². The number of rotatable bonds is 6. The standard InChI is InChI=1S/C21H25FN4O3/c22-17-10-24-20(26-14-2-1-3-14)8-16(17)21(29)25-11-19(28)18-7-12-4-5-15(27)6-13(12)9-23-18/h4-6,8,10,14,18-19,23,27-28H,1-3,7,9,11H2,(H,24,26)(H,25,29). The first-order valence-electron chi connectivity index (χ1n) is 9.92. The number of aromatic hydroxyl groups is 1. The van der Waals surface area contributed by atoms with Crippen LogP contribution in [0.3, 0.4) is 0 Å². The van der Waals surface area contributed by atoms with Gasteiger partial charge in [0.2, 0.25) is 0 Å². The molecule has 1 amide bonds. The lowest BCUT2D eigenvalue weighted by molar-refractivity contribution is 0.0866. The van der Waals surface area contributed by atoms with Gasteiger partial charge in [0.1, 0.15) is 11.6 Å². The zero-order valence-electron chi connectivity index (χ0n) is 16.0. The molecule has 2 atom stereocenters. The van der Waals surface area contributed by atoms with Crippen LogP contribution in [0.15, 0.2) is 30.5 Å². The highest BCUT2D eigenvalue weighted by molar-refractivity contribution is 5.95. The number of fused-ring (bicyclic) bond motifs is 1. The zero-order chi connectivity index (χ0) is 20.4. The van der Waals surface area contributed by atoms with E-state index >= 15 is 0 Å². The van der Waals surface area contributed by atoms with E-state index in [-0.39, 0.29) is 23.9 Å². The monoisotopic (exact) mass is 400 g/mol. The van der Waals surface area contributed by atoms with Gasteiger partial charge in [-0.25, -0.2) is 9.37 Å². The number of phenolic OH excluding ortho intramolecular Hbond substituents is 1. The van der Waals surface area contributed by atoms with Crippen LogP contribution in [0.25, 0.3) is 0 Å². The van der Waals surface area contributed by atoms with Gasteiger partial charge in [-0.2, -0.15) is 0 Å². The highest BCUT2D eigenvalue weighted by Crippen LogP contribution is 2.24. The fraction of sp³-hybridized carbons (Fsp3) is 0.429. The number of hydrogen-bond donors (Lipinski definition) is 5. The number of aromatic nitrogens is 1. The Balaban J connectivity index is 1.34. The first-order chi connectivity index (χ1) is 14.0. The third-order valence-electron chi connectivity index (χ3n) is 5.68. The summed E-state index contributed by atoms with van der Waals surface area (Å²) in [5.41, 5.74) is 1.94. The number of nitrogens with zero attached hydrogens (tertiary/aromatic N) is 1. The minimum atomic E-state index is -0.835. The first-order valence-corrected chi connectivity index (χ1v) is 9.92. The van der Waals surface area contributed by atoms with Gasteiger partial charge in [0.25, 0.3) is 5.91 Å². The number of benzene rings is 1. The van der Waals surface area contributed by atoms with Crippen LogP contribution in [0.4, 0.5) is 10.2 Å². The SMILES string of the molecule is O=C(NCC(O)C1Cc2ccc(O)cc2CN1)c1cc(NC2CCC2)ncc1F. The molecule has 1 aliphatic heterocycles. The smallest absolute Gasteiger partial charge is 0.254 e. The first kappa shape index (κ1) is 19.6. The van der Waals surface area contributed by atoms with Crippen molar-refractivity contribution in [3.05, 3.63) is 53.0 Å². The van der Waals surface area contributed by atoms with Crippen molar-refractivity contribution in [3.63, 3.8) is 0 Å². The lowest BCUT2D eigenvalue weighted by atomic mass is 9.92. The van der Waals surface area contributed by atoms with Crippen molar-refractivity contribution >= 4 is 11.7 Å². The Morgan fingerprint density at radius 1 is 1.31 bits per heavy atom. The molecule has 4 rings (SSSR count). The molecule has 0 radical (unpaired) electrons. The van der Waals surface area contributed by atoms with Crippen LogP contribution in [0.5, 0.6) is 5.75 Å². The minimum absolute atomic E-state index is 0.00291. The average Bonchev–Trinajstić information content (AvgIpc) is 2.69. The summed E-state index contributed by atoms with van der Waals surface area (Å²) in [5.74, 6) is -0.583. The number of carbonyl (C=O) groups excluding carboxylic acids is 1. The van der Waals surface area contributed by atoms with Gasteiger partial charge in [-0.15, -0.1) is 0 Å². The van der Waals surface area contributed by atoms with Crippen LogP contribution in [-0.2, 0) is 13.0 Å². The summed E-state index contributed by atoms with van der Waals surface area (Å²) < 4.78 is 14.1. The second-order valence-electron chi connectivity index (χ2n) is 7.74. The van der Waals surface area contributed by atoms with Crippen LogP contribution in [0.1, 0.15) is 40.7 Å². The molecule has 154 valence electrons. The van der Waals surface area contributed by atoms with Gasteiger partial charge >= 0.3 is 0 Å². The molecular weight excluding hydrogens is 375 g/mol. The lowest BCUT2D eigenvalue weighted by Crippen LogP contribution is -2.49. The summed E-state index contributed by atoms with van der Waals surface area (Å²) in [6, 6.07) is 6.66. The molecule has 0 spiro atoms. The second kappa shape index (κ2) is 8.34. The molecule has 2 aromatic rings. The van der Waals surface area contributed by atoms with Crippen LogP contribution in [0.2, 0.25) is 0 Å². The van der Waals surface area contributed by atoms with Crippen LogP contribution in [-0.4, -0.2) is 45.8 Å². The van der Waals surface area contributed by atoms with Crippen molar-refractivity contribution < 1.29 is 19.4 Å². The van der Waals surface area contributed by atoms with Crippen molar-refractivity contribution in [1.82, 2.24) is 15.6 Å². The Labute approximate surface area is 168 Å². The highest BCUT2D eigenvalue weighted by Gasteiger charge is 2.26. The number of halogens is 1. The molecule has 1 aromatic heterocycles. The number of aliphatic hydroxyl groups excluding tert-OH is 1. The molecule has 0 bridgehead atoms. The summed E-state index contributed by atoms with van der Waals surface area (Å²) >= 11 is 0. The number of carbonyl (C=O) groups is 1. The predicted octanol–water partition coefficient (Wildman–Crippen LogP) is 1.70. The number of pyridine rings is 1. The Bertz CT molecular complexity index is 903. The molecule has 1 saturated carbocycles. The van der Waals surface area contributed by atoms with Gasteiger partial charge in [0.15, 0.2) is 5.82 Å². The third kappa shape index (κ3) is 4.49. The quantitative estimate of drug-likeness (QED) is 0.505. The predicted molar refractivity (Wildman–Crippen MR) is 106 cm³/mol. The van der Waals surface area contributed by atoms with Crippen LogP contribution < -0.4 is 16.0 Å². The lowest BCUT2D eigenvalue weighted by Gasteiger charge is -2.30. The molecule has 2 aliphatic rings. The Morgan fingerprint density at radius 3 is 2.90 bits per heavy atom. The van der Waals surface area contributed by atoms with Gasteiger partial charge < -0.3 is 26.2 Å². The maximum absolute atomic E-state index is 14.1. The molecule has 29 heavy (non-hydrogen) atoms. The molecule has 5 N–H and O–H groups in total. The average molecular weight is 400 g/mol. The summed E-state index contributed by atoms with van der Waals surface area (Å²) in [6.07, 6.45) is 4.03. The normalized spacial score (nSPS) is 19.7.